The van der Waals surface area contributed by atoms with Gasteiger partial charge in [0, 0.05) is 37.8 Å². The van der Waals surface area contributed by atoms with Gasteiger partial charge in [-0.25, -0.2) is 0 Å². The molecule has 1 heterocycles. The third-order valence-corrected chi connectivity index (χ3v) is 4.42. The Morgan fingerprint density at radius 1 is 1.19 bits per heavy atom. The van der Waals surface area contributed by atoms with Gasteiger partial charge in [-0.05, 0) is 33.2 Å². The van der Waals surface area contributed by atoms with Crippen LogP contribution in [0.1, 0.15) is 39.0 Å². The Hall–Kier alpha value is -0.120. The topological polar surface area (TPSA) is 26.7 Å². The smallest absolute Gasteiger partial charge is 0.0446 e. The molecule has 3 heteroatoms. The Morgan fingerprint density at radius 2 is 1.88 bits per heavy atom. The molecular formula is C13H26N2O. The molecule has 0 bridgehead atoms. The minimum atomic E-state index is 0.321. The van der Waals surface area contributed by atoms with E-state index in [0.717, 1.165) is 25.6 Å². The minimum Gasteiger partial charge on any atom is -0.396 e. The molecule has 0 spiro atoms. The molecule has 0 amide bonds. The lowest BCUT2D eigenvalue weighted by Gasteiger charge is -2.46. The van der Waals surface area contributed by atoms with Gasteiger partial charge in [-0.1, -0.05) is 12.8 Å². The Kier molecular flexibility index (Phi) is 4.22. The van der Waals surface area contributed by atoms with Crippen molar-refractivity contribution in [2.24, 2.45) is 0 Å². The van der Waals surface area contributed by atoms with Gasteiger partial charge >= 0.3 is 0 Å². The number of aliphatic hydroxyl groups is 1. The van der Waals surface area contributed by atoms with Gasteiger partial charge < -0.3 is 10.0 Å². The van der Waals surface area contributed by atoms with Crippen LogP contribution in [-0.4, -0.2) is 59.8 Å². The fourth-order valence-electron chi connectivity index (χ4n) is 3.44. The molecule has 0 aromatic rings. The van der Waals surface area contributed by atoms with E-state index in [9.17, 15) is 0 Å². The standard InChI is InChI=1S/C13H26N2O/c1-11-9-14(2)13(7-8-16)10-15(11)12-5-3-4-6-12/h11-13,16H,3-10H2,1-2H3. The number of likely N-dealkylation sites (N-methyl/N-ethyl adjacent to an activating group) is 1. The first-order valence-electron chi connectivity index (χ1n) is 6.79. The zero-order valence-corrected chi connectivity index (χ0v) is 10.7. The average molecular weight is 226 g/mol. The zero-order valence-electron chi connectivity index (χ0n) is 10.7. The second kappa shape index (κ2) is 5.48. The molecule has 0 radical (unpaired) electrons. The summed E-state index contributed by atoms with van der Waals surface area (Å²) in [6.07, 6.45) is 6.52. The number of piperazine rings is 1. The van der Waals surface area contributed by atoms with Crippen LogP contribution in [0.15, 0.2) is 0 Å². The molecular weight excluding hydrogens is 200 g/mol. The van der Waals surface area contributed by atoms with Gasteiger partial charge in [-0.2, -0.15) is 0 Å². The van der Waals surface area contributed by atoms with Crippen LogP contribution in [0.2, 0.25) is 0 Å². The van der Waals surface area contributed by atoms with Crippen molar-refractivity contribution in [2.75, 3.05) is 26.7 Å². The van der Waals surface area contributed by atoms with Gasteiger partial charge in [0.15, 0.2) is 0 Å². The summed E-state index contributed by atoms with van der Waals surface area (Å²) in [5, 5.41) is 9.11. The number of rotatable bonds is 3. The number of nitrogens with zero attached hydrogens (tertiary/aromatic N) is 2. The Balaban J connectivity index is 1.95. The van der Waals surface area contributed by atoms with Gasteiger partial charge in [-0.3, -0.25) is 4.90 Å². The van der Waals surface area contributed by atoms with E-state index in [4.69, 9.17) is 5.11 Å². The van der Waals surface area contributed by atoms with Crippen LogP contribution in [0.4, 0.5) is 0 Å². The van der Waals surface area contributed by atoms with Crippen molar-refractivity contribution in [2.45, 2.75) is 57.2 Å². The Morgan fingerprint density at radius 3 is 2.50 bits per heavy atom. The molecule has 1 aliphatic heterocycles. The van der Waals surface area contributed by atoms with Crippen molar-refractivity contribution < 1.29 is 5.11 Å². The first kappa shape index (κ1) is 12.3. The fourth-order valence-corrected chi connectivity index (χ4v) is 3.44. The lowest BCUT2D eigenvalue weighted by molar-refractivity contribution is 0.0150. The highest BCUT2D eigenvalue weighted by Crippen LogP contribution is 2.28. The van der Waals surface area contributed by atoms with E-state index in [1.54, 1.807) is 0 Å². The molecule has 0 aromatic heterocycles. The van der Waals surface area contributed by atoms with Crippen molar-refractivity contribution in [3.63, 3.8) is 0 Å². The largest absolute Gasteiger partial charge is 0.396 e. The average Bonchev–Trinajstić information content (AvgIpc) is 2.75. The molecule has 2 unspecified atom stereocenters. The lowest BCUT2D eigenvalue weighted by Crippen LogP contribution is -2.58. The molecule has 1 aliphatic carbocycles. The molecule has 0 aromatic carbocycles. The zero-order chi connectivity index (χ0) is 11.5. The van der Waals surface area contributed by atoms with Crippen LogP contribution in [0.3, 0.4) is 0 Å². The summed E-state index contributed by atoms with van der Waals surface area (Å²) in [6.45, 7) is 4.98. The molecule has 2 rings (SSSR count). The molecule has 3 nitrogen and oxygen atoms in total. The summed E-state index contributed by atoms with van der Waals surface area (Å²) in [5.41, 5.74) is 0. The summed E-state index contributed by atoms with van der Waals surface area (Å²) in [5.74, 6) is 0. The van der Waals surface area contributed by atoms with Crippen LogP contribution in [0.5, 0.6) is 0 Å². The van der Waals surface area contributed by atoms with Crippen molar-refractivity contribution in [3.8, 4) is 0 Å². The SMILES string of the molecule is CC1CN(C)C(CCO)CN1C1CCCC1. The summed E-state index contributed by atoms with van der Waals surface area (Å²) >= 11 is 0. The maximum absolute atomic E-state index is 9.11. The van der Waals surface area contributed by atoms with Crippen molar-refractivity contribution in [3.05, 3.63) is 0 Å². The first-order valence-corrected chi connectivity index (χ1v) is 6.79. The quantitative estimate of drug-likeness (QED) is 0.786. The summed E-state index contributed by atoms with van der Waals surface area (Å²) in [6, 6.07) is 2.06. The molecule has 2 aliphatic rings. The van der Waals surface area contributed by atoms with E-state index in [-0.39, 0.29) is 0 Å². The third kappa shape index (κ3) is 2.58. The van der Waals surface area contributed by atoms with E-state index in [0.29, 0.717) is 18.7 Å². The van der Waals surface area contributed by atoms with Crippen LogP contribution in [0.25, 0.3) is 0 Å². The molecule has 2 fully saturated rings. The normalized spacial score (nSPS) is 34.7. The molecule has 1 saturated carbocycles. The van der Waals surface area contributed by atoms with E-state index in [1.165, 1.54) is 25.7 Å². The predicted octanol–water partition coefficient (Wildman–Crippen LogP) is 1.32. The van der Waals surface area contributed by atoms with Crippen LogP contribution >= 0.6 is 0 Å². The highest BCUT2D eigenvalue weighted by molar-refractivity contribution is 4.90. The van der Waals surface area contributed by atoms with Crippen molar-refractivity contribution in [1.29, 1.82) is 0 Å². The van der Waals surface area contributed by atoms with Gasteiger partial charge in [0.25, 0.3) is 0 Å². The van der Waals surface area contributed by atoms with Crippen LogP contribution in [0, 0.1) is 0 Å². The van der Waals surface area contributed by atoms with E-state index in [2.05, 4.69) is 23.8 Å². The number of hydrogen-bond acceptors (Lipinski definition) is 3. The number of hydrogen-bond donors (Lipinski definition) is 1. The fraction of sp³-hybridized carbons (Fsp3) is 1.00. The predicted molar refractivity (Wildman–Crippen MR) is 66.5 cm³/mol. The van der Waals surface area contributed by atoms with Gasteiger partial charge in [0.2, 0.25) is 0 Å². The van der Waals surface area contributed by atoms with Crippen LogP contribution in [-0.2, 0) is 0 Å². The first-order chi connectivity index (χ1) is 7.72. The Labute approximate surface area is 99.4 Å². The van der Waals surface area contributed by atoms with E-state index in [1.807, 2.05) is 0 Å². The van der Waals surface area contributed by atoms with Gasteiger partial charge in [-0.15, -0.1) is 0 Å². The second-order valence-corrected chi connectivity index (χ2v) is 5.59. The van der Waals surface area contributed by atoms with E-state index >= 15 is 0 Å². The summed E-state index contributed by atoms with van der Waals surface area (Å²) < 4.78 is 0. The van der Waals surface area contributed by atoms with Gasteiger partial charge in [0.1, 0.15) is 0 Å². The molecule has 1 N–H and O–H groups in total. The maximum atomic E-state index is 9.11. The van der Waals surface area contributed by atoms with Gasteiger partial charge in [0.05, 0.1) is 0 Å². The van der Waals surface area contributed by atoms with Crippen molar-refractivity contribution in [1.82, 2.24) is 9.80 Å². The molecule has 16 heavy (non-hydrogen) atoms. The Bertz CT molecular complexity index is 216. The summed E-state index contributed by atoms with van der Waals surface area (Å²) in [4.78, 5) is 5.12. The monoisotopic (exact) mass is 226 g/mol. The highest BCUT2D eigenvalue weighted by Gasteiger charge is 2.34. The maximum Gasteiger partial charge on any atom is 0.0446 e. The molecule has 94 valence electrons. The lowest BCUT2D eigenvalue weighted by atomic mass is 10.0. The van der Waals surface area contributed by atoms with Crippen LogP contribution < -0.4 is 0 Å². The molecule has 1 saturated heterocycles. The number of aliphatic hydroxyl groups excluding tert-OH is 1. The second-order valence-electron chi connectivity index (χ2n) is 5.59. The van der Waals surface area contributed by atoms with E-state index < -0.39 is 0 Å². The van der Waals surface area contributed by atoms with Crippen molar-refractivity contribution >= 4 is 0 Å². The third-order valence-electron chi connectivity index (χ3n) is 4.42. The minimum absolute atomic E-state index is 0.321. The molecule has 2 atom stereocenters. The summed E-state index contributed by atoms with van der Waals surface area (Å²) in [7, 11) is 2.20. The highest BCUT2D eigenvalue weighted by atomic mass is 16.3.